The highest BCUT2D eigenvalue weighted by Gasteiger charge is 2.38. The zero-order chi connectivity index (χ0) is 23.6. The summed E-state index contributed by atoms with van der Waals surface area (Å²) in [5, 5.41) is 19.2. The number of aliphatic imine (C=N–C) groups is 1. The summed E-state index contributed by atoms with van der Waals surface area (Å²) >= 11 is 0. The third-order valence-electron chi connectivity index (χ3n) is 4.02. The minimum Gasteiger partial charge on any atom is -0.478 e. The van der Waals surface area contributed by atoms with Crippen molar-refractivity contribution in [2.24, 2.45) is 16.5 Å². The molecular weight excluding hydrogens is 413 g/mol. The average molecular weight is 440 g/mol. The predicted octanol–water partition coefficient (Wildman–Crippen LogP) is 0.755. The second kappa shape index (κ2) is 12.0. The van der Waals surface area contributed by atoms with Crippen LogP contribution in [-0.2, 0) is 19.1 Å². The SMILES string of the molecule is CCC(CC)O[C@@H]1CC(C(=O)O)=C[C@H](N=C(N)N)[C@H]1NC(C)=O.O=C(O)C(F)(F)F. The van der Waals surface area contributed by atoms with Gasteiger partial charge in [-0.05, 0) is 18.9 Å². The molecule has 0 aliphatic heterocycles. The number of nitrogens with one attached hydrogen (secondary N) is 1. The highest BCUT2D eigenvalue weighted by molar-refractivity contribution is 5.87. The molecule has 1 aliphatic rings. The number of nitrogens with two attached hydrogens (primary N) is 2. The molecule has 0 heterocycles. The molecular formula is C17H27F3N4O6. The first-order valence-electron chi connectivity index (χ1n) is 8.98. The number of carboxylic acids is 2. The van der Waals surface area contributed by atoms with Gasteiger partial charge >= 0.3 is 18.1 Å². The van der Waals surface area contributed by atoms with Crippen molar-refractivity contribution in [2.45, 2.75) is 70.5 Å². The van der Waals surface area contributed by atoms with Crippen molar-refractivity contribution in [3.63, 3.8) is 0 Å². The highest BCUT2D eigenvalue weighted by Crippen LogP contribution is 2.26. The van der Waals surface area contributed by atoms with E-state index in [-0.39, 0.29) is 30.0 Å². The molecule has 172 valence electrons. The lowest BCUT2D eigenvalue weighted by Crippen LogP contribution is -2.54. The molecule has 0 aromatic rings. The van der Waals surface area contributed by atoms with E-state index in [0.29, 0.717) is 0 Å². The van der Waals surface area contributed by atoms with Gasteiger partial charge < -0.3 is 31.7 Å². The van der Waals surface area contributed by atoms with Gasteiger partial charge in [0.1, 0.15) is 0 Å². The molecule has 0 saturated carbocycles. The van der Waals surface area contributed by atoms with Gasteiger partial charge in [-0.25, -0.2) is 14.6 Å². The van der Waals surface area contributed by atoms with E-state index >= 15 is 0 Å². The molecule has 0 aromatic carbocycles. The number of alkyl halides is 3. The molecule has 0 fully saturated rings. The fourth-order valence-electron chi connectivity index (χ4n) is 2.66. The second-order valence-electron chi connectivity index (χ2n) is 6.39. The first kappa shape index (κ1) is 27.2. The van der Waals surface area contributed by atoms with Crippen LogP contribution in [0.15, 0.2) is 16.6 Å². The Kier molecular flexibility index (Phi) is 10.9. The number of ether oxygens (including phenoxy) is 1. The van der Waals surface area contributed by atoms with Crippen LogP contribution in [0.4, 0.5) is 13.2 Å². The number of amides is 1. The smallest absolute Gasteiger partial charge is 0.478 e. The number of hydrogen-bond acceptors (Lipinski definition) is 5. The Morgan fingerprint density at radius 2 is 1.77 bits per heavy atom. The maximum atomic E-state index is 11.5. The average Bonchev–Trinajstić information content (AvgIpc) is 2.60. The van der Waals surface area contributed by atoms with E-state index in [0.717, 1.165) is 12.8 Å². The van der Waals surface area contributed by atoms with Gasteiger partial charge in [0.15, 0.2) is 5.96 Å². The Morgan fingerprint density at radius 3 is 2.10 bits per heavy atom. The standard InChI is InChI=1S/C15H26N4O4.C2HF3O2/c1-4-10(5-2)23-12-7-9(14(21)22)6-11(19-15(16)17)13(12)18-8(3)20;3-2(4,5)1(6)7/h6,10-13H,4-5,7H2,1-3H3,(H,18,20)(H,21,22)(H4,16,17,19);(H,6,7)/t11-,12+,13+;/m0./s1. The monoisotopic (exact) mass is 440 g/mol. The van der Waals surface area contributed by atoms with Gasteiger partial charge in [-0.3, -0.25) is 4.79 Å². The Bertz CT molecular complexity index is 673. The molecule has 0 spiro atoms. The zero-order valence-corrected chi connectivity index (χ0v) is 16.8. The lowest BCUT2D eigenvalue weighted by Gasteiger charge is -2.36. The van der Waals surface area contributed by atoms with Gasteiger partial charge in [-0.15, -0.1) is 0 Å². The summed E-state index contributed by atoms with van der Waals surface area (Å²) < 4.78 is 37.8. The van der Waals surface area contributed by atoms with Crippen molar-refractivity contribution in [2.75, 3.05) is 0 Å². The van der Waals surface area contributed by atoms with E-state index in [1.807, 2.05) is 13.8 Å². The van der Waals surface area contributed by atoms with Crippen LogP contribution < -0.4 is 16.8 Å². The van der Waals surface area contributed by atoms with Crippen LogP contribution in [0.3, 0.4) is 0 Å². The van der Waals surface area contributed by atoms with Gasteiger partial charge in [0.05, 0.1) is 24.3 Å². The van der Waals surface area contributed by atoms with Crippen molar-refractivity contribution >= 4 is 23.8 Å². The van der Waals surface area contributed by atoms with Gasteiger partial charge in [0.25, 0.3) is 0 Å². The molecule has 0 bridgehead atoms. The molecule has 13 heteroatoms. The number of carboxylic acid groups (broad SMARTS) is 2. The summed E-state index contributed by atoms with van der Waals surface area (Å²) in [5.41, 5.74) is 11.0. The minimum absolute atomic E-state index is 0.0238. The maximum Gasteiger partial charge on any atom is 0.490 e. The Labute approximate surface area is 171 Å². The third kappa shape index (κ3) is 9.58. The fourth-order valence-corrected chi connectivity index (χ4v) is 2.66. The quantitative estimate of drug-likeness (QED) is 0.284. The number of guanidine groups is 1. The molecule has 1 amide bonds. The van der Waals surface area contributed by atoms with Gasteiger partial charge in [0.2, 0.25) is 5.91 Å². The van der Waals surface area contributed by atoms with Crippen LogP contribution in [0, 0.1) is 0 Å². The molecule has 7 N–H and O–H groups in total. The molecule has 0 saturated heterocycles. The summed E-state index contributed by atoms with van der Waals surface area (Å²) in [6.45, 7) is 5.37. The van der Waals surface area contributed by atoms with Gasteiger partial charge in [0, 0.05) is 18.9 Å². The predicted molar refractivity (Wildman–Crippen MR) is 100 cm³/mol. The summed E-state index contributed by atoms with van der Waals surface area (Å²) in [4.78, 5) is 35.8. The largest absolute Gasteiger partial charge is 0.490 e. The number of aliphatic carboxylic acids is 2. The van der Waals surface area contributed by atoms with E-state index < -0.39 is 36.3 Å². The summed E-state index contributed by atoms with van der Waals surface area (Å²) in [7, 11) is 0. The van der Waals surface area contributed by atoms with Gasteiger partial charge in [-0.2, -0.15) is 13.2 Å². The van der Waals surface area contributed by atoms with Crippen LogP contribution >= 0.6 is 0 Å². The summed E-state index contributed by atoms with van der Waals surface area (Å²) in [5.74, 6) is -4.22. The lowest BCUT2D eigenvalue weighted by atomic mass is 9.88. The van der Waals surface area contributed by atoms with E-state index in [9.17, 15) is 27.9 Å². The number of nitrogens with zero attached hydrogens (tertiary/aromatic N) is 1. The van der Waals surface area contributed by atoms with Crippen LogP contribution in [0.5, 0.6) is 0 Å². The number of carbonyl (C=O) groups excluding carboxylic acids is 1. The van der Waals surface area contributed by atoms with Crippen molar-refractivity contribution in [1.29, 1.82) is 0 Å². The molecule has 0 aromatic heterocycles. The van der Waals surface area contributed by atoms with Crippen molar-refractivity contribution in [3.8, 4) is 0 Å². The molecule has 1 aliphatic carbocycles. The number of carbonyl (C=O) groups is 3. The second-order valence-corrected chi connectivity index (χ2v) is 6.39. The van der Waals surface area contributed by atoms with Crippen LogP contribution in [0.2, 0.25) is 0 Å². The Balaban J connectivity index is 0.00000103. The van der Waals surface area contributed by atoms with Crippen LogP contribution in [-0.4, -0.2) is 64.5 Å². The third-order valence-corrected chi connectivity index (χ3v) is 4.02. The molecule has 1 rings (SSSR count). The molecule has 0 unspecified atom stereocenters. The Hall–Kier alpha value is -2.83. The normalized spacial score (nSPS) is 21.0. The number of rotatable bonds is 7. The van der Waals surface area contributed by atoms with Crippen molar-refractivity contribution in [1.82, 2.24) is 5.32 Å². The Morgan fingerprint density at radius 1 is 1.27 bits per heavy atom. The van der Waals surface area contributed by atoms with E-state index in [1.54, 1.807) is 0 Å². The van der Waals surface area contributed by atoms with Crippen molar-refractivity contribution < 1.29 is 42.5 Å². The fraction of sp³-hybridized carbons (Fsp3) is 0.647. The molecule has 30 heavy (non-hydrogen) atoms. The first-order chi connectivity index (χ1) is 13.7. The minimum atomic E-state index is -5.08. The van der Waals surface area contributed by atoms with Crippen LogP contribution in [0.1, 0.15) is 40.0 Å². The van der Waals surface area contributed by atoms with E-state index in [1.165, 1.54) is 13.0 Å². The number of hydrogen-bond donors (Lipinski definition) is 5. The van der Waals surface area contributed by atoms with E-state index in [2.05, 4.69) is 10.3 Å². The topological polar surface area (TPSA) is 177 Å². The van der Waals surface area contributed by atoms with Crippen LogP contribution in [0.25, 0.3) is 0 Å². The molecule has 3 atom stereocenters. The molecule has 0 radical (unpaired) electrons. The van der Waals surface area contributed by atoms with Crippen molar-refractivity contribution in [3.05, 3.63) is 11.6 Å². The summed E-state index contributed by atoms with van der Waals surface area (Å²) in [6, 6.07) is -1.19. The first-order valence-corrected chi connectivity index (χ1v) is 8.98. The summed E-state index contributed by atoms with van der Waals surface area (Å²) in [6.07, 6.45) is -2.38. The highest BCUT2D eigenvalue weighted by atomic mass is 19.4. The lowest BCUT2D eigenvalue weighted by molar-refractivity contribution is -0.192. The molecule has 10 nitrogen and oxygen atoms in total. The number of halogens is 3. The van der Waals surface area contributed by atoms with E-state index in [4.69, 9.17) is 26.1 Å². The zero-order valence-electron chi connectivity index (χ0n) is 16.8. The maximum absolute atomic E-state index is 11.5. The van der Waals surface area contributed by atoms with Gasteiger partial charge in [-0.1, -0.05) is 13.8 Å².